The van der Waals surface area contributed by atoms with E-state index in [1.54, 1.807) is 12.1 Å². The van der Waals surface area contributed by atoms with Crippen LogP contribution in [0.25, 0.3) is 0 Å². The van der Waals surface area contributed by atoms with E-state index in [4.69, 9.17) is 10.2 Å². The number of aliphatic carboxylic acids is 1. The average molecular weight is 240 g/mol. The van der Waals surface area contributed by atoms with E-state index in [1.807, 2.05) is 0 Å². The number of carbonyl (C=O) groups is 1. The number of benzene rings is 1. The molecule has 0 saturated carbocycles. The molecule has 4 heteroatoms. The lowest BCUT2D eigenvalue weighted by molar-refractivity contribution is -0.142. The van der Waals surface area contributed by atoms with E-state index in [2.05, 4.69) is 0 Å². The van der Waals surface area contributed by atoms with E-state index in [1.165, 1.54) is 12.1 Å². The maximum atomic E-state index is 12.9. The Kier molecular flexibility index (Phi) is 5.63. The van der Waals surface area contributed by atoms with Crippen LogP contribution < -0.4 is 0 Å². The highest BCUT2D eigenvalue weighted by atomic mass is 19.1. The monoisotopic (exact) mass is 240 g/mol. The number of aliphatic hydroxyl groups excluding tert-OH is 1. The number of carboxylic acids is 1. The van der Waals surface area contributed by atoms with Crippen LogP contribution >= 0.6 is 0 Å². The molecule has 1 rings (SSSR count). The summed E-state index contributed by atoms with van der Waals surface area (Å²) in [6.07, 6.45) is 2.11. The Morgan fingerprint density at radius 2 is 2.12 bits per heavy atom. The molecule has 0 amide bonds. The quantitative estimate of drug-likeness (QED) is 0.718. The van der Waals surface area contributed by atoms with Crippen LogP contribution in [-0.4, -0.2) is 22.8 Å². The van der Waals surface area contributed by atoms with Crippen molar-refractivity contribution in [1.29, 1.82) is 0 Å². The molecule has 1 aromatic rings. The van der Waals surface area contributed by atoms with Gasteiger partial charge in [-0.3, -0.25) is 4.79 Å². The zero-order chi connectivity index (χ0) is 12.7. The molecule has 0 radical (unpaired) electrons. The standard InChI is InChI=1S/C13H17FO3/c14-12-6-3-4-10(9-12)8-11(13(16)17)5-1-2-7-15/h3-4,6,9,11,15H,1-2,5,7-8H2,(H,16,17). The number of rotatable bonds is 7. The molecule has 1 aromatic carbocycles. The van der Waals surface area contributed by atoms with E-state index >= 15 is 0 Å². The first-order valence-corrected chi connectivity index (χ1v) is 5.71. The lowest BCUT2D eigenvalue weighted by Crippen LogP contribution is -2.16. The summed E-state index contributed by atoms with van der Waals surface area (Å²) in [6, 6.07) is 6.01. The SMILES string of the molecule is O=C(O)C(CCCCO)Cc1cccc(F)c1. The Morgan fingerprint density at radius 1 is 1.35 bits per heavy atom. The van der Waals surface area contributed by atoms with Gasteiger partial charge in [0.05, 0.1) is 5.92 Å². The van der Waals surface area contributed by atoms with Gasteiger partial charge in [0, 0.05) is 6.61 Å². The molecule has 0 fully saturated rings. The van der Waals surface area contributed by atoms with Crippen molar-refractivity contribution < 1.29 is 19.4 Å². The number of hydrogen-bond donors (Lipinski definition) is 2. The minimum atomic E-state index is -0.868. The second kappa shape index (κ2) is 7.01. The molecule has 2 N–H and O–H groups in total. The highest BCUT2D eigenvalue weighted by Crippen LogP contribution is 2.16. The Labute approximate surface area is 99.9 Å². The van der Waals surface area contributed by atoms with E-state index in [9.17, 15) is 9.18 Å². The van der Waals surface area contributed by atoms with Crippen LogP contribution in [0.15, 0.2) is 24.3 Å². The van der Waals surface area contributed by atoms with Gasteiger partial charge in [0.25, 0.3) is 0 Å². The molecule has 1 unspecified atom stereocenters. The summed E-state index contributed by atoms with van der Waals surface area (Å²) in [6.45, 7) is 0.0757. The molecular weight excluding hydrogens is 223 g/mol. The summed E-state index contributed by atoms with van der Waals surface area (Å²) in [4.78, 5) is 11.0. The van der Waals surface area contributed by atoms with Crippen LogP contribution in [0, 0.1) is 11.7 Å². The number of aliphatic hydroxyl groups is 1. The largest absolute Gasteiger partial charge is 0.481 e. The maximum absolute atomic E-state index is 12.9. The Bertz CT molecular complexity index is 365. The van der Waals surface area contributed by atoms with Crippen LogP contribution in [0.5, 0.6) is 0 Å². The van der Waals surface area contributed by atoms with Gasteiger partial charge in [0.15, 0.2) is 0 Å². The fraction of sp³-hybridized carbons (Fsp3) is 0.462. The molecule has 0 spiro atoms. The van der Waals surface area contributed by atoms with Crippen molar-refractivity contribution in [3.05, 3.63) is 35.6 Å². The molecule has 17 heavy (non-hydrogen) atoms. The summed E-state index contributed by atoms with van der Waals surface area (Å²) >= 11 is 0. The van der Waals surface area contributed by atoms with Gasteiger partial charge in [-0.15, -0.1) is 0 Å². The van der Waals surface area contributed by atoms with E-state index < -0.39 is 11.9 Å². The van der Waals surface area contributed by atoms with Crippen molar-refractivity contribution in [1.82, 2.24) is 0 Å². The zero-order valence-corrected chi connectivity index (χ0v) is 9.60. The van der Waals surface area contributed by atoms with E-state index in [0.29, 0.717) is 31.2 Å². The predicted octanol–water partition coefficient (Wildman–Crippen LogP) is 2.23. The van der Waals surface area contributed by atoms with Gasteiger partial charge >= 0.3 is 5.97 Å². The van der Waals surface area contributed by atoms with Gasteiger partial charge < -0.3 is 10.2 Å². The van der Waals surface area contributed by atoms with Crippen LogP contribution in [0.3, 0.4) is 0 Å². The van der Waals surface area contributed by atoms with Crippen LogP contribution in [0.1, 0.15) is 24.8 Å². The molecule has 0 saturated heterocycles. The third kappa shape index (κ3) is 4.95. The second-order valence-corrected chi connectivity index (χ2v) is 4.09. The Balaban J connectivity index is 2.57. The Hall–Kier alpha value is -1.42. The van der Waals surface area contributed by atoms with Gasteiger partial charge in [-0.25, -0.2) is 4.39 Å². The summed E-state index contributed by atoms with van der Waals surface area (Å²) in [5.41, 5.74) is 0.696. The molecule has 0 aromatic heterocycles. The molecule has 0 aliphatic rings. The Morgan fingerprint density at radius 3 is 2.71 bits per heavy atom. The fourth-order valence-corrected chi connectivity index (χ4v) is 1.76. The van der Waals surface area contributed by atoms with Crippen LogP contribution in [0.4, 0.5) is 4.39 Å². The second-order valence-electron chi connectivity index (χ2n) is 4.09. The van der Waals surface area contributed by atoms with Crippen molar-refractivity contribution in [2.24, 2.45) is 5.92 Å². The first-order valence-electron chi connectivity index (χ1n) is 5.71. The van der Waals surface area contributed by atoms with E-state index in [0.717, 1.165) is 0 Å². The predicted molar refractivity (Wildman–Crippen MR) is 62.2 cm³/mol. The summed E-state index contributed by atoms with van der Waals surface area (Å²) in [7, 11) is 0. The molecule has 0 heterocycles. The van der Waals surface area contributed by atoms with Crippen molar-refractivity contribution >= 4 is 5.97 Å². The minimum Gasteiger partial charge on any atom is -0.481 e. The molecule has 3 nitrogen and oxygen atoms in total. The van der Waals surface area contributed by atoms with Gasteiger partial charge in [-0.2, -0.15) is 0 Å². The molecular formula is C13H17FO3. The third-order valence-corrected chi connectivity index (χ3v) is 2.68. The van der Waals surface area contributed by atoms with Gasteiger partial charge in [0.1, 0.15) is 5.82 Å². The lowest BCUT2D eigenvalue weighted by atomic mass is 9.94. The maximum Gasteiger partial charge on any atom is 0.306 e. The van der Waals surface area contributed by atoms with Gasteiger partial charge in [-0.1, -0.05) is 18.6 Å². The third-order valence-electron chi connectivity index (χ3n) is 2.68. The smallest absolute Gasteiger partial charge is 0.306 e. The molecule has 0 aliphatic heterocycles. The van der Waals surface area contributed by atoms with Crippen LogP contribution in [0.2, 0.25) is 0 Å². The first kappa shape index (κ1) is 13.6. The van der Waals surface area contributed by atoms with E-state index in [-0.39, 0.29) is 12.4 Å². The van der Waals surface area contributed by atoms with Crippen molar-refractivity contribution in [3.63, 3.8) is 0 Å². The van der Waals surface area contributed by atoms with Gasteiger partial charge in [-0.05, 0) is 37.0 Å². The van der Waals surface area contributed by atoms with Crippen molar-refractivity contribution in [2.45, 2.75) is 25.7 Å². The van der Waals surface area contributed by atoms with Crippen LogP contribution in [-0.2, 0) is 11.2 Å². The average Bonchev–Trinajstić information content (AvgIpc) is 2.28. The number of carboxylic acid groups (broad SMARTS) is 1. The van der Waals surface area contributed by atoms with Crippen molar-refractivity contribution in [3.8, 4) is 0 Å². The van der Waals surface area contributed by atoms with Crippen molar-refractivity contribution in [2.75, 3.05) is 6.61 Å². The molecule has 0 aliphatic carbocycles. The number of halogens is 1. The van der Waals surface area contributed by atoms with Gasteiger partial charge in [0.2, 0.25) is 0 Å². The summed E-state index contributed by atoms with van der Waals surface area (Å²) in [5, 5.41) is 17.7. The first-order chi connectivity index (χ1) is 8.13. The topological polar surface area (TPSA) is 57.5 Å². The lowest BCUT2D eigenvalue weighted by Gasteiger charge is -2.11. The number of hydrogen-bond acceptors (Lipinski definition) is 2. The summed E-state index contributed by atoms with van der Waals surface area (Å²) in [5.74, 6) is -1.72. The highest BCUT2D eigenvalue weighted by Gasteiger charge is 2.17. The fourth-order valence-electron chi connectivity index (χ4n) is 1.76. The molecule has 0 bridgehead atoms. The normalized spacial score (nSPS) is 12.4. The molecule has 94 valence electrons. The summed E-state index contributed by atoms with van der Waals surface area (Å²) < 4.78 is 12.9. The minimum absolute atomic E-state index is 0.0757. The number of unbranched alkanes of at least 4 members (excludes halogenated alkanes) is 1. The molecule has 1 atom stereocenters. The highest BCUT2D eigenvalue weighted by molar-refractivity contribution is 5.70. The zero-order valence-electron chi connectivity index (χ0n) is 9.60.